The molecule has 0 radical (unpaired) electrons. The minimum atomic E-state index is -0.430. The van der Waals surface area contributed by atoms with Gasteiger partial charge in [0.1, 0.15) is 5.60 Å². The van der Waals surface area contributed by atoms with Gasteiger partial charge in [-0.05, 0) is 46.5 Å². The maximum Gasteiger partial charge on any atom is 0.410 e. The molecular weight excluding hydrogens is 254 g/mol. The van der Waals surface area contributed by atoms with Gasteiger partial charge in [0, 0.05) is 19.2 Å². The molecule has 1 saturated heterocycles. The number of carbonyl (C=O) groups excluding carboxylic acids is 1. The summed E-state index contributed by atoms with van der Waals surface area (Å²) in [6.07, 6.45) is 3.02. The van der Waals surface area contributed by atoms with E-state index in [1.54, 1.807) is 0 Å². The zero-order valence-corrected chi connectivity index (χ0v) is 13.9. The minimum absolute atomic E-state index is 0.181. The Hall–Kier alpha value is -0.770. The third-order valence-corrected chi connectivity index (χ3v) is 3.77. The van der Waals surface area contributed by atoms with Crippen LogP contribution in [0, 0.1) is 5.92 Å². The molecule has 0 aromatic heterocycles. The van der Waals surface area contributed by atoms with Gasteiger partial charge in [0.2, 0.25) is 0 Å². The predicted molar refractivity (Wildman–Crippen MR) is 80.8 cm³/mol. The molecule has 1 heterocycles. The number of hydrogen-bond donors (Lipinski definition) is 0. The molecule has 1 unspecified atom stereocenters. The first-order chi connectivity index (χ1) is 9.23. The summed E-state index contributed by atoms with van der Waals surface area (Å²) in [5, 5.41) is 0. The van der Waals surface area contributed by atoms with Gasteiger partial charge in [0.05, 0.1) is 6.10 Å². The number of amides is 1. The molecular formula is C16H31NO3. The van der Waals surface area contributed by atoms with E-state index in [1.165, 1.54) is 0 Å². The molecule has 118 valence electrons. The first-order valence-corrected chi connectivity index (χ1v) is 7.84. The van der Waals surface area contributed by atoms with E-state index < -0.39 is 5.60 Å². The van der Waals surface area contributed by atoms with Crippen LogP contribution < -0.4 is 0 Å². The first-order valence-electron chi connectivity index (χ1n) is 7.84. The lowest BCUT2D eigenvalue weighted by molar-refractivity contribution is -0.0350. The number of likely N-dealkylation sites (tertiary alicyclic amines) is 1. The second kappa shape index (κ2) is 7.30. The van der Waals surface area contributed by atoms with Gasteiger partial charge in [-0.1, -0.05) is 20.3 Å². The van der Waals surface area contributed by atoms with Crippen LogP contribution in [0.15, 0.2) is 0 Å². The summed E-state index contributed by atoms with van der Waals surface area (Å²) in [5.41, 5.74) is -0.430. The van der Waals surface area contributed by atoms with Crippen molar-refractivity contribution in [3.05, 3.63) is 0 Å². The van der Waals surface area contributed by atoms with E-state index in [1.807, 2.05) is 25.7 Å². The molecule has 1 fully saturated rings. The van der Waals surface area contributed by atoms with Gasteiger partial charge in [0.15, 0.2) is 0 Å². The Morgan fingerprint density at radius 1 is 1.40 bits per heavy atom. The Labute approximate surface area is 123 Å². The highest BCUT2D eigenvalue weighted by molar-refractivity contribution is 5.68. The normalized spacial score (nSPS) is 25.4. The van der Waals surface area contributed by atoms with Gasteiger partial charge in [-0.25, -0.2) is 4.79 Å². The highest BCUT2D eigenvalue weighted by atomic mass is 16.6. The largest absolute Gasteiger partial charge is 0.444 e. The molecule has 1 rings (SSSR count). The molecule has 0 aromatic rings. The lowest BCUT2D eigenvalue weighted by Gasteiger charge is -2.38. The third kappa shape index (κ3) is 5.70. The van der Waals surface area contributed by atoms with Crippen LogP contribution in [0.3, 0.4) is 0 Å². The highest BCUT2D eigenvalue weighted by Gasteiger charge is 2.32. The van der Waals surface area contributed by atoms with Crippen LogP contribution in [-0.2, 0) is 9.47 Å². The second-order valence-corrected chi connectivity index (χ2v) is 7.02. The average Bonchev–Trinajstić information content (AvgIpc) is 2.33. The predicted octanol–water partition coefficient (Wildman–Crippen LogP) is 3.84. The van der Waals surface area contributed by atoms with E-state index in [2.05, 4.69) is 20.8 Å². The lowest BCUT2D eigenvalue weighted by atomic mass is 10.0. The Kier molecular flexibility index (Phi) is 6.31. The van der Waals surface area contributed by atoms with Gasteiger partial charge in [-0.15, -0.1) is 0 Å². The maximum absolute atomic E-state index is 12.1. The fourth-order valence-electron chi connectivity index (χ4n) is 2.29. The fourth-order valence-corrected chi connectivity index (χ4v) is 2.29. The summed E-state index contributed by atoms with van der Waals surface area (Å²) in [7, 11) is 0. The van der Waals surface area contributed by atoms with Crippen molar-refractivity contribution in [1.82, 2.24) is 4.90 Å². The number of ether oxygens (including phenoxy) is 2. The molecule has 1 aliphatic rings. The van der Waals surface area contributed by atoms with Gasteiger partial charge < -0.3 is 14.4 Å². The van der Waals surface area contributed by atoms with Crippen LogP contribution in [0.5, 0.6) is 0 Å². The molecule has 0 aromatic carbocycles. The summed E-state index contributed by atoms with van der Waals surface area (Å²) in [4.78, 5) is 13.9. The molecule has 0 N–H and O–H groups in total. The quantitative estimate of drug-likeness (QED) is 0.788. The second-order valence-electron chi connectivity index (χ2n) is 7.02. The summed E-state index contributed by atoms with van der Waals surface area (Å²) in [5.74, 6) is 0.606. The van der Waals surface area contributed by atoms with Crippen molar-refractivity contribution in [2.75, 3.05) is 13.2 Å². The lowest BCUT2D eigenvalue weighted by Crippen LogP contribution is -2.48. The molecule has 3 atom stereocenters. The number of nitrogens with zero attached hydrogens (tertiary/aromatic N) is 1. The van der Waals surface area contributed by atoms with Crippen molar-refractivity contribution in [1.29, 1.82) is 0 Å². The smallest absolute Gasteiger partial charge is 0.410 e. The number of carbonyl (C=O) groups is 1. The summed E-state index contributed by atoms with van der Waals surface area (Å²) < 4.78 is 11.4. The summed E-state index contributed by atoms with van der Waals surface area (Å²) >= 11 is 0. The monoisotopic (exact) mass is 285 g/mol. The Morgan fingerprint density at radius 2 is 2.05 bits per heavy atom. The van der Waals surface area contributed by atoms with Crippen molar-refractivity contribution in [2.45, 2.75) is 78.6 Å². The molecule has 4 heteroatoms. The zero-order chi connectivity index (χ0) is 15.3. The van der Waals surface area contributed by atoms with Crippen LogP contribution in [0.1, 0.15) is 60.8 Å². The van der Waals surface area contributed by atoms with Crippen molar-refractivity contribution in [2.24, 2.45) is 5.92 Å². The van der Waals surface area contributed by atoms with E-state index in [0.717, 1.165) is 32.4 Å². The van der Waals surface area contributed by atoms with E-state index in [9.17, 15) is 4.79 Å². The van der Waals surface area contributed by atoms with Crippen LogP contribution in [0.2, 0.25) is 0 Å². The van der Waals surface area contributed by atoms with Gasteiger partial charge >= 0.3 is 6.09 Å². The standard InChI is InChI=1S/C16H31NO3/c1-7-12(2)11-19-14-8-9-17(13(3)10-14)15(18)20-16(4,5)6/h12-14H,7-11H2,1-6H3/t12?,13-,14-/m1/s1. The molecule has 0 spiro atoms. The molecule has 1 amide bonds. The highest BCUT2D eigenvalue weighted by Crippen LogP contribution is 2.23. The van der Waals surface area contributed by atoms with Crippen LogP contribution in [-0.4, -0.2) is 41.9 Å². The topological polar surface area (TPSA) is 38.8 Å². The van der Waals surface area contributed by atoms with Crippen molar-refractivity contribution >= 4 is 6.09 Å². The van der Waals surface area contributed by atoms with E-state index in [4.69, 9.17) is 9.47 Å². The van der Waals surface area contributed by atoms with Gasteiger partial charge in [-0.2, -0.15) is 0 Å². The molecule has 0 saturated carbocycles. The number of piperidine rings is 1. The Bertz CT molecular complexity index is 311. The van der Waals surface area contributed by atoms with Gasteiger partial charge in [-0.3, -0.25) is 0 Å². The van der Waals surface area contributed by atoms with E-state index in [0.29, 0.717) is 5.92 Å². The Balaban J connectivity index is 2.41. The maximum atomic E-state index is 12.1. The summed E-state index contributed by atoms with van der Waals surface area (Å²) in [6, 6.07) is 0.181. The van der Waals surface area contributed by atoms with Crippen molar-refractivity contribution in [3.63, 3.8) is 0 Å². The van der Waals surface area contributed by atoms with Crippen molar-refractivity contribution in [3.8, 4) is 0 Å². The minimum Gasteiger partial charge on any atom is -0.444 e. The number of rotatable bonds is 4. The average molecular weight is 285 g/mol. The Morgan fingerprint density at radius 3 is 2.55 bits per heavy atom. The third-order valence-electron chi connectivity index (χ3n) is 3.77. The molecule has 20 heavy (non-hydrogen) atoms. The van der Waals surface area contributed by atoms with Crippen LogP contribution in [0.4, 0.5) is 4.79 Å². The molecule has 4 nitrogen and oxygen atoms in total. The molecule has 0 aliphatic carbocycles. The molecule has 0 bridgehead atoms. The number of hydrogen-bond acceptors (Lipinski definition) is 3. The van der Waals surface area contributed by atoms with Crippen LogP contribution in [0.25, 0.3) is 0 Å². The van der Waals surface area contributed by atoms with Crippen molar-refractivity contribution < 1.29 is 14.3 Å². The van der Waals surface area contributed by atoms with Gasteiger partial charge in [0.25, 0.3) is 0 Å². The van der Waals surface area contributed by atoms with E-state index >= 15 is 0 Å². The van der Waals surface area contributed by atoms with Crippen LogP contribution >= 0.6 is 0 Å². The molecule has 1 aliphatic heterocycles. The zero-order valence-electron chi connectivity index (χ0n) is 13.9. The van der Waals surface area contributed by atoms with E-state index in [-0.39, 0.29) is 18.2 Å². The SMILES string of the molecule is CCC(C)CO[C@@H]1CCN(C(=O)OC(C)(C)C)[C@H](C)C1. The first kappa shape index (κ1) is 17.3. The summed E-state index contributed by atoms with van der Waals surface area (Å²) in [6.45, 7) is 13.7. The fraction of sp³-hybridized carbons (Fsp3) is 0.938.